The molecule has 0 aromatic heterocycles. The molecule has 5 heteroatoms. The van der Waals surface area contributed by atoms with Crippen LogP contribution >= 0.6 is 0 Å². The molecule has 5 nitrogen and oxygen atoms in total. The lowest BCUT2D eigenvalue weighted by Gasteiger charge is -2.10. The van der Waals surface area contributed by atoms with E-state index in [1.54, 1.807) is 31.2 Å². The first-order chi connectivity index (χ1) is 11.5. The van der Waals surface area contributed by atoms with Crippen molar-refractivity contribution in [3.8, 4) is 0 Å². The van der Waals surface area contributed by atoms with E-state index in [9.17, 15) is 14.4 Å². The van der Waals surface area contributed by atoms with Crippen molar-refractivity contribution in [2.45, 2.75) is 19.4 Å². The zero-order valence-corrected chi connectivity index (χ0v) is 13.5. The molecule has 0 aliphatic rings. The molecule has 2 rings (SSSR count). The highest BCUT2D eigenvalue weighted by atomic mass is 16.5. The van der Waals surface area contributed by atoms with E-state index in [1.807, 2.05) is 18.2 Å². The van der Waals surface area contributed by atoms with Gasteiger partial charge in [-0.15, -0.1) is 0 Å². The number of hydrogen-bond donors (Lipinski definition) is 0. The third-order valence-corrected chi connectivity index (χ3v) is 3.60. The molecule has 0 saturated carbocycles. The van der Waals surface area contributed by atoms with Gasteiger partial charge >= 0.3 is 11.9 Å². The number of benzene rings is 2. The van der Waals surface area contributed by atoms with Gasteiger partial charge in [0.25, 0.3) is 5.78 Å². The quantitative estimate of drug-likeness (QED) is 0.464. The Labute approximate surface area is 140 Å². The normalized spacial score (nSPS) is 11.4. The second-order valence-electron chi connectivity index (χ2n) is 5.26. The minimum Gasteiger partial charge on any atom is -0.469 e. The maximum Gasteiger partial charge on any atom is 0.380 e. The van der Waals surface area contributed by atoms with E-state index >= 15 is 0 Å². The molecule has 124 valence electrons. The third kappa shape index (κ3) is 4.29. The van der Waals surface area contributed by atoms with Crippen LogP contribution in [0.1, 0.15) is 34.3 Å². The minimum absolute atomic E-state index is 0.0314. The largest absolute Gasteiger partial charge is 0.469 e. The SMILES string of the molecule is COC(=O)C(C)c1cccc(C(=O)C(=O)OCc2ccccc2)c1. The number of rotatable bonds is 6. The number of esters is 2. The Balaban J connectivity index is 2.06. The molecule has 0 N–H and O–H groups in total. The predicted octanol–water partition coefficient (Wildman–Crippen LogP) is 2.89. The number of carbonyl (C=O) groups is 3. The van der Waals surface area contributed by atoms with Gasteiger partial charge in [-0.05, 0) is 24.1 Å². The van der Waals surface area contributed by atoms with Crippen molar-refractivity contribution in [1.29, 1.82) is 0 Å². The number of hydrogen-bond acceptors (Lipinski definition) is 5. The predicted molar refractivity (Wildman–Crippen MR) is 87.4 cm³/mol. The van der Waals surface area contributed by atoms with Gasteiger partial charge in [-0.25, -0.2) is 4.79 Å². The van der Waals surface area contributed by atoms with Crippen LogP contribution in [0.2, 0.25) is 0 Å². The summed E-state index contributed by atoms with van der Waals surface area (Å²) < 4.78 is 9.72. The van der Waals surface area contributed by atoms with Gasteiger partial charge in [0.15, 0.2) is 0 Å². The van der Waals surface area contributed by atoms with Crippen LogP contribution in [0.25, 0.3) is 0 Å². The highest BCUT2D eigenvalue weighted by Gasteiger charge is 2.21. The molecule has 0 spiro atoms. The van der Waals surface area contributed by atoms with Crippen LogP contribution in [-0.4, -0.2) is 24.8 Å². The van der Waals surface area contributed by atoms with Crippen molar-refractivity contribution in [3.63, 3.8) is 0 Å². The Bertz CT molecular complexity index is 736. The molecule has 0 amide bonds. The standard InChI is InChI=1S/C19H18O5/c1-13(18(21)23-2)15-9-6-10-16(11-15)17(20)19(22)24-12-14-7-4-3-5-8-14/h3-11,13H,12H2,1-2H3. The molecular weight excluding hydrogens is 308 g/mol. The average molecular weight is 326 g/mol. The fourth-order valence-corrected chi connectivity index (χ4v) is 2.17. The molecular formula is C19H18O5. The van der Waals surface area contributed by atoms with Gasteiger partial charge in [0.1, 0.15) is 6.61 Å². The van der Waals surface area contributed by atoms with Crippen molar-refractivity contribution in [2.75, 3.05) is 7.11 Å². The summed E-state index contributed by atoms with van der Waals surface area (Å²) in [6, 6.07) is 15.4. The van der Waals surface area contributed by atoms with E-state index < -0.39 is 23.6 Å². The number of ether oxygens (including phenoxy) is 2. The number of ketones is 1. The zero-order valence-electron chi connectivity index (χ0n) is 13.5. The van der Waals surface area contributed by atoms with Crippen molar-refractivity contribution < 1.29 is 23.9 Å². The first-order valence-corrected chi connectivity index (χ1v) is 7.46. The Morgan fingerprint density at radius 1 is 1.00 bits per heavy atom. The summed E-state index contributed by atoms with van der Waals surface area (Å²) in [7, 11) is 1.30. The van der Waals surface area contributed by atoms with Gasteiger partial charge in [-0.3, -0.25) is 9.59 Å². The number of carbonyl (C=O) groups excluding carboxylic acids is 3. The fraction of sp³-hybridized carbons (Fsp3) is 0.211. The van der Waals surface area contributed by atoms with Crippen molar-refractivity contribution in [3.05, 3.63) is 71.3 Å². The average Bonchev–Trinajstić information content (AvgIpc) is 2.65. The first-order valence-electron chi connectivity index (χ1n) is 7.46. The van der Waals surface area contributed by atoms with Gasteiger partial charge in [0.05, 0.1) is 13.0 Å². The van der Waals surface area contributed by atoms with E-state index in [0.29, 0.717) is 5.56 Å². The Kier molecular flexibility index (Phi) is 5.84. The van der Waals surface area contributed by atoms with Gasteiger partial charge < -0.3 is 9.47 Å². The summed E-state index contributed by atoms with van der Waals surface area (Å²) in [5.74, 6) is -2.61. The molecule has 2 aromatic carbocycles. The highest BCUT2D eigenvalue weighted by Crippen LogP contribution is 2.18. The van der Waals surface area contributed by atoms with Crippen LogP contribution in [0.15, 0.2) is 54.6 Å². The Morgan fingerprint density at radius 3 is 2.38 bits per heavy atom. The van der Waals surface area contributed by atoms with Crippen LogP contribution in [0.4, 0.5) is 0 Å². The van der Waals surface area contributed by atoms with Crippen LogP contribution in [0.5, 0.6) is 0 Å². The van der Waals surface area contributed by atoms with Crippen molar-refractivity contribution >= 4 is 17.7 Å². The maximum absolute atomic E-state index is 12.2. The van der Waals surface area contributed by atoms with Crippen LogP contribution in [0.3, 0.4) is 0 Å². The molecule has 0 saturated heterocycles. The van der Waals surface area contributed by atoms with Crippen LogP contribution < -0.4 is 0 Å². The third-order valence-electron chi connectivity index (χ3n) is 3.60. The lowest BCUT2D eigenvalue weighted by atomic mass is 9.98. The lowest BCUT2D eigenvalue weighted by Crippen LogP contribution is -2.18. The summed E-state index contributed by atoms with van der Waals surface area (Å²) in [5.41, 5.74) is 1.58. The fourth-order valence-electron chi connectivity index (χ4n) is 2.17. The highest BCUT2D eigenvalue weighted by molar-refractivity contribution is 6.40. The molecule has 24 heavy (non-hydrogen) atoms. The Hall–Kier alpha value is -2.95. The van der Waals surface area contributed by atoms with Gasteiger partial charge in [-0.2, -0.15) is 0 Å². The molecule has 0 radical (unpaired) electrons. The van der Waals surface area contributed by atoms with Gasteiger partial charge in [-0.1, -0.05) is 48.5 Å². The molecule has 0 aliphatic carbocycles. The van der Waals surface area contributed by atoms with Gasteiger partial charge in [0, 0.05) is 5.56 Å². The van der Waals surface area contributed by atoms with Crippen LogP contribution in [-0.2, 0) is 25.7 Å². The second kappa shape index (κ2) is 8.06. The molecule has 0 heterocycles. The summed E-state index contributed by atoms with van der Waals surface area (Å²) >= 11 is 0. The lowest BCUT2D eigenvalue weighted by molar-refractivity contribution is -0.142. The summed E-state index contributed by atoms with van der Waals surface area (Å²) in [5, 5.41) is 0. The summed E-state index contributed by atoms with van der Waals surface area (Å²) in [6.45, 7) is 1.70. The zero-order chi connectivity index (χ0) is 17.5. The molecule has 2 aromatic rings. The molecule has 0 fully saturated rings. The van der Waals surface area contributed by atoms with E-state index in [4.69, 9.17) is 4.74 Å². The van der Waals surface area contributed by atoms with E-state index in [1.165, 1.54) is 19.2 Å². The van der Waals surface area contributed by atoms with Crippen LogP contribution in [0, 0.1) is 0 Å². The topological polar surface area (TPSA) is 69.7 Å². The van der Waals surface area contributed by atoms with Crippen molar-refractivity contribution in [2.24, 2.45) is 0 Å². The first kappa shape index (κ1) is 17.4. The molecule has 0 bridgehead atoms. The Morgan fingerprint density at radius 2 is 1.71 bits per heavy atom. The molecule has 0 aliphatic heterocycles. The summed E-state index contributed by atoms with van der Waals surface area (Å²) in [4.78, 5) is 35.7. The van der Waals surface area contributed by atoms with E-state index in [2.05, 4.69) is 4.74 Å². The number of methoxy groups -OCH3 is 1. The number of Topliss-reactive ketones (excluding diaryl/α,β-unsaturated/α-hetero) is 1. The van der Waals surface area contributed by atoms with E-state index in [0.717, 1.165) is 5.56 Å². The van der Waals surface area contributed by atoms with E-state index in [-0.39, 0.29) is 12.2 Å². The van der Waals surface area contributed by atoms with Crippen molar-refractivity contribution in [1.82, 2.24) is 0 Å². The molecule has 1 unspecified atom stereocenters. The monoisotopic (exact) mass is 326 g/mol. The maximum atomic E-state index is 12.2. The minimum atomic E-state index is -0.929. The summed E-state index contributed by atoms with van der Waals surface area (Å²) in [6.07, 6.45) is 0. The second-order valence-corrected chi connectivity index (χ2v) is 5.26. The smallest absolute Gasteiger partial charge is 0.380 e. The molecule has 1 atom stereocenters. The van der Waals surface area contributed by atoms with Gasteiger partial charge in [0.2, 0.25) is 0 Å².